The molecule has 0 unspecified atom stereocenters. The Morgan fingerprint density at radius 2 is 1.76 bits per heavy atom. The van der Waals surface area contributed by atoms with Crippen molar-refractivity contribution in [1.82, 2.24) is 14.7 Å². The van der Waals surface area contributed by atoms with Gasteiger partial charge in [0.05, 0.1) is 18.2 Å². The highest BCUT2D eigenvalue weighted by Gasteiger charge is 2.27. The van der Waals surface area contributed by atoms with Crippen LogP contribution in [-0.4, -0.2) is 45.9 Å². The maximum absolute atomic E-state index is 12.7. The molecule has 5 nitrogen and oxygen atoms in total. The lowest BCUT2D eigenvalue weighted by Crippen LogP contribution is -2.42. The number of hydrogen-bond acceptors (Lipinski definition) is 3. The lowest BCUT2D eigenvalue weighted by atomic mass is 9.97. The van der Waals surface area contributed by atoms with Crippen LogP contribution in [0.3, 0.4) is 0 Å². The standard InChI is InChI=1S/C20H33N3O2/c1-3-16(4-2)23-15-12-19(21-23)20(24)22-13-10-18(11-14-22)25-17-8-6-5-7-9-17/h12,15-18H,3-11,13-14H2,1-2H3. The molecule has 1 saturated heterocycles. The molecule has 1 aliphatic heterocycles. The minimum Gasteiger partial charge on any atom is -0.375 e. The van der Waals surface area contributed by atoms with Crippen molar-refractivity contribution in [1.29, 1.82) is 0 Å². The number of nitrogens with zero attached hydrogens (tertiary/aromatic N) is 3. The summed E-state index contributed by atoms with van der Waals surface area (Å²) >= 11 is 0. The summed E-state index contributed by atoms with van der Waals surface area (Å²) in [6, 6.07) is 2.25. The molecule has 1 aromatic rings. The predicted molar refractivity (Wildman–Crippen MR) is 98.7 cm³/mol. The smallest absolute Gasteiger partial charge is 0.274 e. The molecule has 0 radical (unpaired) electrons. The average Bonchev–Trinajstić information content (AvgIpc) is 3.14. The molecular weight excluding hydrogens is 314 g/mol. The van der Waals surface area contributed by atoms with Gasteiger partial charge in [0.15, 0.2) is 0 Å². The van der Waals surface area contributed by atoms with E-state index < -0.39 is 0 Å². The van der Waals surface area contributed by atoms with Crippen LogP contribution in [0.4, 0.5) is 0 Å². The maximum Gasteiger partial charge on any atom is 0.274 e. The van der Waals surface area contributed by atoms with Gasteiger partial charge in [-0.1, -0.05) is 33.1 Å². The van der Waals surface area contributed by atoms with Crippen molar-refractivity contribution in [2.24, 2.45) is 0 Å². The molecule has 0 aromatic carbocycles. The van der Waals surface area contributed by atoms with E-state index in [1.807, 2.05) is 21.8 Å². The Bertz CT molecular complexity index is 539. The van der Waals surface area contributed by atoms with Gasteiger partial charge < -0.3 is 9.64 Å². The van der Waals surface area contributed by atoms with Crippen LogP contribution < -0.4 is 0 Å². The number of carbonyl (C=O) groups excluding carboxylic acids is 1. The van der Waals surface area contributed by atoms with E-state index in [1.165, 1.54) is 32.1 Å². The molecule has 2 aliphatic rings. The molecule has 0 bridgehead atoms. The predicted octanol–water partition coefficient (Wildman–Crippen LogP) is 4.20. The second-order valence-electron chi connectivity index (χ2n) is 7.54. The molecule has 0 atom stereocenters. The first-order valence-electron chi connectivity index (χ1n) is 10.2. The lowest BCUT2D eigenvalue weighted by Gasteiger charge is -2.34. The lowest BCUT2D eigenvalue weighted by molar-refractivity contribution is -0.0527. The summed E-state index contributed by atoms with van der Waals surface area (Å²) in [5, 5.41) is 4.53. The second kappa shape index (κ2) is 8.84. The zero-order chi connectivity index (χ0) is 17.6. The van der Waals surface area contributed by atoms with Gasteiger partial charge >= 0.3 is 0 Å². The van der Waals surface area contributed by atoms with Crippen molar-refractivity contribution >= 4 is 5.91 Å². The summed E-state index contributed by atoms with van der Waals surface area (Å²) in [6.07, 6.45) is 13.1. The Kier molecular flexibility index (Phi) is 6.51. The molecule has 0 spiro atoms. The number of piperidine rings is 1. The highest BCUT2D eigenvalue weighted by Crippen LogP contribution is 2.25. The molecule has 25 heavy (non-hydrogen) atoms. The summed E-state index contributed by atoms with van der Waals surface area (Å²) in [4.78, 5) is 14.7. The van der Waals surface area contributed by atoms with E-state index in [0.29, 0.717) is 23.9 Å². The number of amides is 1. The highest BCUT2D eigenvalue weighted by molar-refractivity contribution is 5.92. The Labute approximate surface area is 151 Å². The van der Waals surface area contributed by atoms with Gasteiger partial charge in [0.2, 0.25) is 0 Å². The molecule has 0 N–H and O–H groups in total. The number of carbonyl (C=O) groups is 1. The third kappa shape index (κ3) is 4.63. The first-order chi connectivity index (χ1) is 12.2. The Hall–Kier alpha value is -1.36. The number of aromatic nitrogens is 2. The van der Waals surface area contributed by atoms with E-state index in [4.69, 9.17) is 4.74 Å². The summed E-state index contributed by atoms with van der Waals surface area (Å²) in [5.41, 5.74) is 0.582. The molecule has 140 valence electrons. The number of rotatable bonds is 6. The zero-order valence-corrected chi connectivity index (χ0v) is 15.8. The molecule has 2 fully saturated rings. The highest BCUT2D eigenvalue weighted by atomic mass is 16.5. The topological polar surface area (TPSA) is 47.4 Å². The van der Waals surface area contributed by atoms with E-state index in [1.54, 1.807) is 0 Å². The monoisotopic (exact) mass is 347 g/mol. The summed E-state index contributed by atoms with van der Waals surface area (Å²) < 4.78 is 8.22. The quantitative estimate of drug-likeness (QED) is 0.775. The Morgan fingerprint density at radius 1 is 1.12 bits per heavy atom. The van der Waals surface area contributed by atoms with Crippen LogP contribution in [0, 0.1) is 0 Å². The third-order valence-electron chi connectivity index (χ3n) is 5.81. The molecular formula is C20H33N3O2. The van der Waals surface area contributed by atoms with Crippen molar-refractivity contribution < 1.29 is 9.53 Å². The van der Waals surface area contributed by atoms with Crippen molar-refractivity contribution in [2.75, 3.05) is 13.1 Å². The Morgan fingerprint density at radius 3 is 2.40 bits per heavy atom. The fourth-order valence-electron chi connectivity index (χ4n) is 4.15. The number of likely N-dealkylation sites (tertiary alicyclic amines) is 1. The van der Waals surface area contributed by atoms with Crippen LogP contribution in [0.25, 0.3) is 0 Å². The van der Waals surface area contributed by atoms with Gasteiger partial charge in [-0.3, -0.25) is 9.48 Å². The normalized spacial score (nSPS) is 20.4. The van der Waals surface area contributed by atoms with Gasteiger partial charge in [-0.25, -0.2) is 0 Å². The van der Waals surface area contributed by atoms with Crippen LogP contribution in [0.15, 0.2) is 12.3 Å². The molecule has 1 amide bonds. The van der Waals surface area contributed by atoms with E-state index in [9.17, 15) is 4.79 Å². The molecule has 2 heterocycles. The van der Waals surface area contributed by atoms with Gasteiger partial charge in [0.25, 0.3) is 5.91 Å². The largest absolute Gasteiger partial charge is 0.375 e. The van der Waals surface area contributed by atoms with Crippen molar-refractivity contribution in [2.45, 2.75) is 89.9 Å². The maximum atomic E-state index is 12.7. The van der Waals surface area contributed by atoms with Crippen molar-refractivity contribution in [3.8, 4) is 0 Å². The fourth-order valence-corrected chi connectivity index (χ4v) is 4.15. The van der Waals surface area contributed by atoms with E-state index in [0.717, 1.165) is 38.8 Å². The SMILES string of the molecule is CCC(CC)n1ccc(C(=O)N2CCC(OC3CCCCC3)CC2)n1. The fraction of sp³-hybridized carbons (Fsp3) is 0.800. The van der Waals surface area contributed by atoms with Crippen LogP contribution >= 0.6 is 0 Å². The average molecular weight is 348 g/mol. The molecule has 1 aliphatic carbocycles. The second-order valence-corrected chi connectivity index (χ2v) is 7.54. The van der Waals surface area contributed by atoms with Gasteiger partial charge in [0.1, 0.15) is 5.69 Å². The third-order valence-corrected chi connectivity index (χ3v) is 5.81. The van der Waals surface area contributed by atoms with Crippen LogP contribution in [0.2, 0.25) is 0 Å². The number of ether oxygens (including phenoxy) is 1. The molecule has 1 saturated carbocycles. The van der Waals surface area contributed by atoms with Crippen LogP contribution in [-0.2, 0) is 4.74 Å². The van der Waals surface area contributed by atoms with Gasteiger partial charge in [-0.05, 0) is 44.6 Å². The minimum absolute atomic E-state index is 0.0702. The van der Waals surface area contributed by atoms with Crippen LogP contribution in [0.5, 0.6) is 0 Å². The first kappa shape index (κ1) is 18.4. The first-order valence-corrected chi connectivity index (χ1v) is 10.2. The Balaban J connectivity index is 1.49. The number of hydrogen-bond donors (Lipinski definition) is 0. The van der Waals surface area contributed by atoms with Gasteiger partial charge in [-0.2, -0.15) is 5.10 Å². The van der Waals surface area contributed by atoms with E-state index >= 15 is 0 Å². The van der Waals surface area contributed by atoms with E-state index in [2.05, 4.69) is 18.9 Å². The van der Waals surface area contributed by atoms with Crippen molar-refractivity contribution in [3.05, 3.63) is 18.0 Å². The molecule has 5 heteroatoms. The summed E-state index contributed by atoms with van der Waals surface area (Å²) in [5.74, 6) is 0.0702. The van der Waals surface area contributed by atoms with Crippen LogP contribution in [0.1, 0.15) is 88.2 Å². The van der Waals surface area contributed by atoms with Crippen molar-refractivity contribution in [3.63, 3.8) is 0 Å². The minimum atomic E-state index is 0.0702. The zero-order valence-electron chi connectivity index (χ0n) is 15.8. The van der Waals surface area contributed by atoms with E-state index in [-0.39, 0.29) is 5.91 Å². The van der Waals surface area contributed by atoms with Gasteiger partial charge in [-0.15, -0.1) is 0 Å². The molecule has 1 aromatic heterocycles. The van der Waals surface area contributed by atoms with Gasteiger partial charge in [0, 0.05) is 19.3 Å². The summed E-state index contributed by atoms with van der Waals surface area (Å²) in [7, 11) is 0. The summed E-state index contributed by atoms with van der Waals surface area (Å²) in [6.45, 7) is 5.89. The molecule has 3 rings (SSSR count).